The number of nitrogens with one attached hydrogen (secondary N) is 2. The van der Waals surface area contributed by atoms with Gasteiger partial charge in [0.1, 0.15) is 23.8 Å². The minimum atomic E-state index is -0.233. The quantitative estimate of drug-likeness (QED) is 0.875. The first-order valence-corrected chi connectivity index (χ1v) is 6.69. The second kappa shape index (κ2) is 6.32. The highest BCUT2D eigenvalue weighted by Gasteiger charge is 2.11. The van der Waals surface area contributed by atoms with E-state index in [9.17, 15) is 4.39 Å². The smallest absolute Gasteiger partial charge is 0.134 e. The molecule has 0 fully saturated rings. The van der Waals surface area contributed by atoms with Crippen LogP contribution in [0, 0.1) is 12.7 Å². The predicted octanol–water partition coefficient (Wildman–Crippen LogP) is 3.53. The largest absolute Gasteiger partial charge is 0.370 e. The van der Waals surface area contributed by atoms with Gasteiger partial charge in [-0.25, -0.2) is 14.4 Å². The van der Waals surface area contributed by atoms with Crippen LogP contribution in [0.3, 0.4) is 0 Å². The van der Waals surface area contributed by atoms with Crippen molar-refractivity contribution in [1.29, 1.82) is 0 Å². The van der Waals surface area contributed by atoms with E-state index in [1.54, 1.807) is 6.07 Å². The van der Waals surface area contributed by atoms with E-state index < -0.39 is 0 Å². The van der Waals surface area contributed by atoms with Crippen molar-refractivity contribution in [2.24, 2.45) is 0 Å². The average molecular weight is 274 g/mol. The number of rotatable bonds is 5. The SMILES string of the molecule is CCNc1ncnc(NC(C)c2cccc(F)c2)c1C. The maximum atomic E-state index is 13.2. The second-order valence-electron chi connectivity index (χ2n) is 4.65. The monoisotopic (exact) mass is 274 g/mol. The fraction of sp³-hybridized carbons (Fsp3) is 0.333. The molecule has 1 atom stereocenters. The van der Waals surface area contributed by atoms with Crippen LogP contribution in [0.5, 0.6) is 0 Å². The van der Waals surface area contributed by atoms with E-state index in [1.165, 1.54) is 18.5 Å². The second-order valence-corrected chi connectivity index (χ2v) is 4.65. The third-order valence-corrected chi connectivity index (χ3v) is 3.13. The van der Waals surface area contributed by atoms with Crippen molar-refractivity contribution in [2.45, 2.75) is 26.8 Å². The summed E-state index contributed by atoms with van der Waals surface area (Å²) < 4.78 is 13.2. The summed E-state index contributed by atoms with van der Waals surface area (Å²) in [6.07, 6.45) is 1.52. The van der Waals surface area contributed by atoms with E-state index in [1.807, 2.05) is 26.8 Å². The number of hydrogen-bond acceptors (Lipinski definition) is 4. The van der Waals surface area contributed by atoms with Gasteiger partial charge in [-0.05, 0) is 38.5 Å². The number of hydrogen-bond donors (Lipinski definition) is 2. The lowest BCUT2D eigenvalue weighted by Gasteiger charge is -2.17. The standard InChI is InChI=1S/C15H19FN4/c1-4-17-14-10(2)15(19-9-18-14)20-11(3)12-6-5-7-13(16)8-12/h5-9,11H,4H2,1-3H3,(H2,17,18,19,20). The lowest BCUT2D eigenvalue weighted by molar-refractivity contribution is 0.623. The molecule has 5 heteroatoms. The Morgan fingerprint density at radius 3 is 2.70 bits per heavy atom. The van der Waals surface area contributed by atoms with Gasteiger partial charge < -0.3 is 10.6 Å². The number of aromatic nitrogens is 2. The molecule has 20 heavy (non-hydrogen) atoms. The molecule has 0 aliphatic carbocycles. The molecule has 1 heterocycles. The van der Waals surface area contributed by atoms with Gasteiger partial charge in [0.15, 0.2) is 0 Å². The topological polar surface area (TPSA) is 49.8 Å². The molecule has 1 aromatic carbocycles. The first-order valence-electron chi connectivity index (χ1n) is 6.69. The number of anilines is 2. The minimum absolute atomic E-state index is 0.0335. The van der Waals surface area contributed by atoms with Crippen molar-refractivity contribution >= 4 is 11.6 Å². The summed E-state index contributed by atoms with van der Waals surface area (Å²) in [6, 6.07) is 6.53. The third-order valence-electron chi connectivity index (χ3n) is 3.13. The Hall–Kier alpha value is -2.17. The highest BCUT2D eigenvalue weighted by atomic mass is 19.1. The Morgan fingerprint density at radius 1 is 1.25 bits per heavy atom. The fourth-order valence-electron chi connectivity index (χ4n) is 2.01. The third kappa shape index (κ3) is 3.23. The van der Waals surface area contributed by atoms with Crippen LogP contribution in [-0.4, -0.2) is 16.5 Å². The van der Waals surface area contributed by atoms with Gasteiger partial charge in [-0.3, -0.25) is 0 Å². The molecule has 106 valence electrons. The lowest BCUT2D eigenvalue weighted by atomic mass is 10.1. The normalized spacial score (nSPS) is 12.0. The van der Waals surface area contributed by atoms with Crippen LogP contribution < -0.4 is 10.6 Å². The molecule has 0 aliphatic rings. The van der Waals surface area contributed by atoms with Gasteiger partial charge in [0.2, 0.25) is 0 Å². The van der Waals surface area contributed by atoms with Gasteiger partial charge in [0.05, 0.1) is 6.04 Å². The molecule has 2 aromatic rings. The molecular formula is C15H19FN4. The summed E-state index contributed by atoms with van der Waals surface area (Å²) in [4.78, 5) is 8.45. The van der Waals surface area contributed by atoms with E-state index in [2.05, 4.69) is 20.6 Å². The predicted molar refractivity (Wildman–Crippen MR) is 79.4 cm³/mol. The van der Waals surface area contributed by atoms with Gasteiger partial charge in [-0.2, -0.15) is 0 Å². The van der Waals surface area contributed by atoms with Crippen LogP contribution in [0.2, 0.25) is 0 Å². The zero-order valence-corrected chi connectivity index (χ0v) is 11.9. The van der Waals surface area contributed by atoms with Gasteiger partial charge >= 0.3 is 0 Å². The molecule has 2 rings (SSSR count). The number of benzene rings is 1. The molecule has 1 unspecified atom stereocenters. The zero-order chi connectivity index (χ0) is 14.5. The van der Waals surface area contributed by atoms with Crippen molar-refractivity contribution < 1.29 is 4.39 Å². The summed E-state index contributed by atoms with van der Waals surface area (Å²) in [5.74, 6) is 1.34. The molecule has 1 aromatic heterocycles. The molecule has 0 spiro atoms. The van der Waals surface area contributed by atoms with Crippen molar-refractivity contribution in [3.8, 4) is 0 Å². The van der Waals surface area contributed by atoms with Crippen molar-refractivity contribution in [2.75, 3.05) is 17.2 Å². The Morgan fingerprint density at radius 2 is 2.00 bits per heavy atom. The molecule has 0 saturated heterocycles. The average Bonchev–Trinajstić information content (AvgIpc) is 2.43. The Kier molecular flexibility index (Phi) is 4.50. The van der Waals surface area contributed by atoms with Crippen LogP contribution >= 0.6 is 0 Å². The van der Waals surface area contributed by atoms with E-state index in [0.717, 1.165) is 29.3 Å². The summed E-state index contributed by atoms with van der Waals surface area (Å²) in [5, 5.41) is 6.48. The highest BCUT2D eigenvalue weighted by molar-refractivity contribution is 5.57. The van der Waals surface area contributed by atoms with E-state index >= 15 is 0 Å². The Balaban J connectivity index is 2.19. The van der Waals surface area contributed by atoms with Crippen LogP contribution in [0.25, 0.3) is 0 Å². The van der Waals surface area contributed by atoms with Crippen molar-refractivity contribution in [1.82, 2.24) is 9.97 Å². The molecule has 2 N–H and O–H groups in total. The molecule has 0 radical (unpaired) electrons. The fourth-order valence-corrected chi connectivity index (χ4v) is 2.01. The van der Waals surface area contributed by atoms with Crippen LogP contribution in [0.4, 0.5) is 16.0 Å². The summed E-state index contributed by atoms with van der Waals surface area (Å²) >= 11 is 0. The van der Waals surface area contributed by atoms with Gasteiger partial charge in [0.25, 0.3) is 0 Å². The van der Waals surface area contributed by atoms with E-state index in [0.29, 0.717) is 0 Å². The Bertz CT molecular complexity index is 586. The summed E-state index contributed by atoms with van der Waals surface area (Å²) in [5.41, 5.74) is 1.84. The first kappa shape index (κ1) is 14.2. The first-order chi connectivity index (χ1) is 9.61. The van der Waals surface area contributed by atoms with Crippen molar-refractivity contribution in [3.63, 3.8) is 0 Å². The molecule has 4 nitrogen and oxygen atoms in total. The highest BCUT2D eigenvalue weighted by Crippen LogP contribution is 2.23. The molecule has 0 bridgehead atoms. The Labute approximate surface area is 118 Å². The van der Waals surface area contributed by atoms with Crippen LogP contribution in [0.15, 0.2) is 30.6 Å². The maximum Gasteiger partial charge on any atom is 0.134 e. The number of halogens is 1. The van der Waals surface area contributed by atoms with Gasteiger partial charge in [-0.1, -0.05) is 12.1 Å². The van der Waals surface area contributed by atoms with Gasteiger partial charge in [-0.15, -0.1) is 0 Å². The van der Waals surface area contributed by atoms with Gasteiger partial charge in [0, 0.05) is 12.1 Å². The number of nitrogens with zero attached hydrogens (tertiary/aromatic N) is 2. The summed E-state index contributed by atoms with van der Waals surface area (Å²) in [7, 11) is 0. The minimum Gasteiger partial charge on any atom is -0.370 e. The van der Waals surface area contributed by atoms with Crippen molar-refractivity contribution in [3.05, 3.63) is 47.5 Å². The van der Waals surface area contributed by atoms with Crippen LogP contribution in [0.1, 0.15) is 31.0 Å². The molecule has 0 amide bonds. The molecular weight excluding hydrogens is 255 g/mol. The van der Waals surface area contributed by atoms with Crippen LogP contribution in [-0.2, 0) is 0 Å². The maximum absolute atomic E-state index is 13.2. The molecule has 0 saturated carbocycles. The summed E-state index contributed by atoms with van der Waals surface area (Å²) in [6.45, 7) is 6.75. The van der Waals surface area contributed by atoms with E-state index in [-0.39, 0.29) is 11.9 Å². The van der Waals surface area contributed by atoms with E-state index in [4.69, 9.17) is 0 Å². The molecule has 0 aliphatic heterocycles. The lowest BCUT2D eigenvalue weighted by Crippen LogP contribution is -2.11. The zero-order valence-electron chi connectivity index (χ0n) is 11.9.